The van der Waals surface area contributed by atoms with Crippen LogP contribution in [0.15, 0.2) is 51.4 Å². The van der Waals surface area contributed by atoms with Crippen LogP contribution in [-0.4, -0.2) is 26.8 Å². The van der Waals surface area contributed by atoms with Gasteiger partial charge in [-0.15, -0.1) is 23.4 Å². The van der Waals surface area contributed by atoms with Crippen LogP contribution in [0.25, 0.3) is 11.1 Å². The molecule has 1 aromatic carbocycles. The SMILES string of the molecule is FC(F)(F)Oc1ccc(-c2cn[nH]c2N=Nc2ccn[nH]2)c(Br)c1. The lowest BCUT2D eigenvalue weighted by Gasteiger charge is -2.10. The van der Waals surface area contributed by atoms with E-state index in [0.29, 0.717) is 27.2 Å². The van der Waals surface area contributed by atoms with Crippen LogP contribution < -0.4 is 4.74 Å². The van der Waals surface area contributed by atoms with Gasteiger partial charge in [-0.1, -0.05) is 15.9 Å². The Morgan fingerprint density at radius 3 is 2.54 bits per heavy atom. The molecule has 3 aromatic rings. The predicted octanol–water partition coefficient (Wildman–Crippen LogP) is 4.88. The topological polar surface area (TPSA) is 91.3 Å². The van der Waals surface area contributed by atoms with Crippen LogP contribution in [0.3, 0.4) is 0 Å². The summed E-state index contributed by atoms with van der Waals surface area (Å²) in [6.45, 7) is 0. The number of nitrogens with one attached hydrogen (secondary N) is 2. The second-order valence-corrected chi connectivity index (χ2v) is 5.32. The van der Waals surface area contributed by atoms with Gasteiger partial charge in [0.15, 0.2) is 11.6 Å². The molecule has 0 fully saturated rings. The quantitative estimate of drug-likeness (QED) is 0.611. The number of aromatic nitrogens is 4. The highest BCUT2D eigenvalue weighted by molar-refractivity contribution is 9.10. The van der Waals surface area contributed by atoms with Gasteiger partial charge >= 0.3 is 6.36 Å². The van der Waals surface area contributed by atoms with Gasteiger partial charge in [0, 0.05) is 21.7 Å². The first-order valence-electron chi connectivity index (χ1n) is 6.42. The molecule has 0 amide bonds. The van der Waals surface area contributed by atoms with Crippen LogP contribution in [0.2, 0.25) is 0 Å². The smallest absolute Gasteiger partial charge is 0.406 e. The predicted molar refractivity (Wildman–Crippen MR) is 81.2 cm³/mol. The highest BCUT2D eigenvalue weighted by atomic mass is 79.9. The van der Waals surface area contributed by atoms with Gasteiger partial charge in [-0.25, -0.2) is 0 Å². The molecule has 0 saturated heterocycles. The first-order chi connectivity index (χ1) is 11.4. The minimum Gasteiger partial charge on any atom is -0.406 e. The minimum atomic E-state index is -4.75. The highest BCUT2D eigenvalue weighted by Gasteiger charge is 2.31. The molecule has 24 heavy (non-hydrogen) atoms. The van der Waals surface area contributed by atoms with E-state index in [1.54, 1.807) is 6.07 Å². The summed E-state index contributed by atoms with van der Waals surface area (Å²) in [5.41, 5.74) is 1.14. The number of halogens is 4. The lowest BCUT2D eigenvalue weighted by Crippen LogP contribution is -2.17. The minimum absolute atomic E-state index is 0.331. The first kappa shape index (κ1) is 16.2. The number of alkyl halides is 3. The number of rotatable bonds is 4. The molecule has 0 unspecified atom stereocenters. The van der Waals surface area contributed by atoms with Crippen LogP contribution in [0.1, 0.15) is 0 Å². The zero-order valence-electron chi connectivity index (χ0n) is 11.7. The van der Waals surface area contributed by atoms with Crippen molar-refractivity contribution < 1.29 is 17.9 Å². The van der Waals surface area contributed by atoms with Crippen LogP contribution in [0.4, 0.5) is 24.8 Å². The van der Waals surface area contributed by atoms with Gasteiger partial charge < -0.3 is 4.74 Å². The van der Waals surface area contributed by atoms with Gasteiger partial charge in [0.2, 0.25) is 0 Å². The van der Waals surface area contributed by atoms with Crippen molar-refractivity contribution in [3.05, 3.63) is 41.1 Å². The molecule has 11 heteroatoms. The van der Waals surface area contributed by atoms with E-state index in [-0.39, 0.29) is 5.75 Å². The largest absolute Gasteiger partial charge is 0.573 e. The number of ether oxygens (including phenoxy) is 1. The molecule has 0 radical (unpaired) electrons. The Morgan fingerprint density at radius 1 is 1.04 bits per heavy atom. The fourth-order valence-corrected chi connectivity index (χ4v) is 2.44. The summed E-state index contributed by atoms with van der Waals surface area (Å²) in [5, 5.41) is 20.9. The summed E-state index contributed by atoms with van der Waals surface area (Å²) in [7, 11) is 0. The molecular weight excluding hydrogens is 393 g/mol. The highest BCUT2D eigenvalue weighted by Crippen LogP contribution is 2.37. The lowest BCUT2D eigenvalue weighted by molar-refractivity contribution is -0.274. The Bertz CT molecular complexity index is 859. The maximum absolute atomic E-state index is 12.3. The number of nitrogens with zero attached hydrogens (tertiary/aromatic N) is 4. The van der Waals surface area contributed by atoms with Crippen molar-refractivity contribution in [2.75, 3.05) is 0 Å². The van der Waals surface area contributed by atoms with Crippen molar-refractivity contribution in [3.63, 3.8) is 0 Å². The van der Waals surface area contributed by atoms with E-state index >= 15 is 0 Å². The normalized spacial score (nSPS) is 12.0. The van der Waals surface area contributed by atoms with Crippen molar-refractivity contribution >= 4 is 27.6 Å². The van der Waals surface area contributed by atoms with Crippen LogP contribution >= 0.6 is 15.9 Å². The van der Waals surface area contributed by atoms with Gasteiger partial charge in [0.25, 0.3) is 0 Å². The molecule has 0 bridgehead atoms. The van der Waals surface area contributed by atoms with Gasteiger partial charge in [-0.3, -0.25) is 10.2 Å². The summed E-state index contributed by atoms with van der Waals surface area (Å²) in [6, 6.07) is 5.51. The Hall–Kier alpha value is -2.69. The van der Waals surface area contributed by atoms with E-state index in [1.165, 1.54) is 30.6 Å². The Morgan fingerprint density at radius 2 is 1.88 bits per heavy atom. The number of benzene rings is 1. The summed E-state index contributed by atoms with van der Waals surface area (Å²) >= 11 is 3.22. The third-order valence-corrected chi connectivity index (χ3v) is 3.48. The Balaban J connectivity index is 1.89. The third kappa shape index (κ3) is 3.79. The molecular formula is C13H8BrF3N6O. The van der Waals surface area contributed by atoms with E-state index in [1.807, 2.05) is 0 Å². The zero-order valence-corrected chi connectivity index (χ0v) is 13.3. The number of H-pyrrole nitrogens is 2. The molecule has 2 heterocycles. The second-order valence-electron chi connectivity index (χ2n) is 4.46. The molecule has 7 nitrogen and oxygen atoms in total. The number of aromatic amines is 2. The van der Waals surface area contributed by atoms with Gasteiger partial charge in [-0.2, -0.15) is 10.2 Å². The van der Waals surface area contributed by atoms with Gasteiger partial charge in [0.1, 0.15) is 5.75 Å². The van der Waals surface area contributed by atoms with Crippen molar-refractivity contribution in [2.45, 2.75) is 6.36 Å². The van der Waals surface area contributed by atoms with Gasteiger partial charge in [0.05, 0.1) is 12.4 Å². The maximum Gasteiger partial charge on any atom is 0.573 e. The second kappa shape index (κ2) is 6.43. The molecule has 0 atom stereocenters. The monoisotopic (exact) mass is 400 g/mol. The Kier molecular flexibility index (Phi) is 4.34. The summed E-state index contributed by atoms with van der Waals surface area (Å²) in [5.74, 6) is 0.459. The summed E-state index contributed by atoms with van der Waals surface area (Å²) in [6.07, 6.45) is -1.73. The third-order valence-electron chi connectivity index (χ3n) is 2.83. The van der Waals surface area contributed by atoms with Crippen molar-refractivity contribution in [1.29, 1.82) is 0 Å². The van der Waals surface area contributed by atoms with E-state index in [0.717, 1.165) is 0 Å². The van der Waals surface area contributed by atoms with E-state index in [2.05, 4.69) is 51.3 Å². The van der Waals surface area contributed by atoms with Crippen molar-refractivity contribution in [1.82, 2.24) is 20.4 Å². The average molecular weight is 401 g/mol. The van der Waals surface area contributed by atoms with E-state index < -0.39 is 6.36 Å². The standard InChI is InChI=1S/C13H8BrF3N6O/c14-10-5-7(24-13(15,16)17)1-2-8(10)9-6-19-22-12(9)23-21-11-3-4-18-20-11/h1-6H,(H,18,20)(H,19,22). The molecule has 2 aromatic heterocycles. The molecule has 0 aliphatic heterocycles. The molecule has 3 rings (SSSR count). The fourth-order valence-electron chi connectivity index (χ4n) is 1.87. The average Bonchev–Trinajstić information content (AvgIpc) is 3.15. The number of hydrogen-bond acceptors (Lipinski definition) is 5. The molecule has 0 spiro atoms. The fraction of sp³-hybridized carbons (Fsp3) is 0.0769. The molecule has 0 aliphatic rings. The first-order valence-corrected chi connectivity index (χ1v) is 7.22. The Labute approximate surface area is 141 Å². The van der Waals surface area contributed by atoms with Crippen LogP contribution in [0.5, 0.6) is 5.75 Å². The zero-order chi connectivity index (χ0) is 17.2. The summed E-state index contributed by atoms with van der Waals surface area (Å²) < 4.78 is 41.0. The molecule has 0 saturated carbocycles. The molecule has 2 N–H and O–H groups in total. The number of hydrogen-bond donors (Lipinski definition) is 2. The van der Waals surface area contributed by atoms with Crippen molar-refractivity contribution in [2.24, 2.45) is 10.2 Å². The maximum atomic E-state index is 12.3. The van der Waals surface area contributed by atoms with Gasteiger partial charge in [-0.05, 0) is 18.2 Å². The van der Waals surface area contributed by atoms with Crippen LogP contribution in [0, 0.1) is 0 Å². The van der Waals surface area contributed by atoms with Crippen LogP contribution in [-0.2, 0) is 0 Å². The molecule has 0 aliphatic carbocycles. The number of azo groups is 1. The van der Waals surface area contributed by atoms with Crippen molar-refractivity contribution in [3.8, 4) is 16.9 Å². The lowest BCUT2D eigenvalue weighted by atomic mass is 10.1. The summed E-state index contributed by atoms with van der Waals surface area (Å²) in [4.78, 5) is 0. The molecule has 124 valence electrons. The van der Waals surface area contributed by atoms with E-state index in [4.69, 9.17) is 0 Å². The van der Waals surface area contributed by atoms with E-state index in [9.17, 15) is 13.2 Å².